The fraction of sp³-hybridized carbons (Fsp3) is 1.00. The Morgan fingerprint density at radius 2 is 1.93 bits per heavy atom. The lowest BCUT2D eigenvalue weighted by atomic mass is 9.87. The molecule has 0 radical (unpaired) electrons. The number of hydrogen-bond acceptors (Lipinski definition) is 3. The molecule has 0 spiro atoms. The van der Waals surface area contributed by atoms with E-state index in [0.717, 1.165) is 0 Å². The number of halogens is 3. The van der Waals surface area contributed by atoms with Crippen molar-refractivity contribution in [2.24, 2.45) is 0 Å². The Hall–Kier alpha value is -0.330. The first-order chi connectivity index (χ1) is 6.68. The highest BCUT2D eigenvalue weighted by Crippen LogP contribution is 2.38. The zero-order valence-corrected chi connectivity index (χ0v) is 8.75. The fourth-order valence-electron chi connectivity index (χ4n) is 1.74. The quantitative estimate of drug-likeness (QED) is 0.695. The maximum absolute atomic E-state index is 12.5. The molecule has 2 N–H and O–H groups in total. The topological polar surface area (TPSA) is 43.7 Å². The largest absolute Gasteiger partial charge is 0.419 e. The molecule has 3 nitrogen and oxygen atoms in total. The van der Waals surface area contributed by atoms with Crippen LogP contribution in [0, 0.1) is 0 Å². The third-order valence-electron chi connectivity index (χ3n) is 2.96. The highest BCUT2D eigenvalue weighted by atomic mass is 19.4. The normalized spacial score (nSPS) is 34.8. The third-order valence-corrected chi connectivity index (χ3v) is 2.96. The molecular formula is C9H16F3NO2. The van der Waals surface area contributed by atoms with Crippen molar-refractivity contribution in [3.05, 3.63) is 0 Å². The van der Waals surface area contributed by atoms with E-state index in [0.29, 0.717) is 0 Å². The van der Waals surface area contributed by atoms with E-state index in [1.807, 2.05) is 13.8 Å². The summed E-state index contributed by atoms with van der Waals surface area (Å²) >= 11 is 0. The molecule has 2 unspecified atom stereocenters. The van der Waals surface area contributed by atoms with Gasteiger partial charge in [0.05, 0.1) is 0 Å². The molecule has 15 heavy (non-hydrogen) atoms. The van der Waals surface area contributed by atoms with E-state index in [9.17, 15) is 23.4 Å². The summed E-state index contributed by atoms with van der Waals surface area (Å²) in [7, 11) is 0. The number of rotatable bonds is 1. The van der Waals surface area contributed by atoms with Gasteiger partial charge in [0.1, 0.15) is 6.10 Å². The predicted molar refractivity (Wildman–Crippen MR) is 48.3 cm³/mol. The van der Waals surface area contributed by atoms with E-state index in [2.05, 4.69) is 0 Å². The second kappa shape index (κ2) is 3.92. The summed E-state index contributed by atoms with van der Waals surface area (Å²) in [5.41, 5.74) is -2.95. The van der Waals surface area contributed by atoms with Crippen molar-refractivity contribution in [1.82, 2.24) is 4.90 Å². The molecule has 0 aliphatic carbocycles. The van der Waals surface area contributed by atoms with E-state index >= 15 is 0 Å². The molecule has 1 rings (SSSR count). The second-order valence-corrected chi connectivity index (χ2v) is 4.28. The molecule has 90 valence electrons. The summed E-state index contributed by atoms with van der Waals surface area (Å²) in [6.07, 6.45) is -7.01. The van der Waals surface area contributed by atoms with Crippen molar-refractivity contribution in [3.63, 3.8) is 0 Å². The molecule has 0 aromatic heterocycles. The van der Waals surface area contributed by atoms with Gasteiger partial charge in [-0.25, -0.2) is 0 Å². The molecule has 0 aromatic carbocycles. The van der Waals surface area contributed by atoms with Crippen LogP contribution in [0.15, 0.2) is 0 Å². The summed E-state index contributed by atoms with van der Waals surface area (Å²) in [4.78, 5) is 1.71. The summed E-state index contributed by atoms with van der Waals surface area (Å²) < 4.78 is 37.4. The van der Waals surface area contributed by atoms with Crippen LogP contribution in [-0.4, -0.2) is 52.1 Å². The van der Waals surface area contributed by atoms with E-state index < -0.39 is 24.3 Å². The van der Waals surface area contributed by atoms with Crippen LogP contribution in [0.4, 0.5) is 13.2 Å². The van der Waals surface area contributed by atoms with Gasteiger partial charge in [0.15, 0.2) is 5.60 Å². The van der Waals surface area contributed by atoms with Gasteiger partial charge in [0.25, 0.3) is 0 Å². The van der Waals surface area contributed by atoms with Gasteiger partial charge in [-0.2, -0.15) is 13.2 Å². The monoisotopic (exact) mass is 227 g/mol. The molecule has 2 atom stereocenters. The molecule has 1 heterocycles. The molecular weight excluding hydrogens is 211 g/mol. The molecule has 0 aromatic rings. The van der Waals surface area contributed by atoms with Crippen LogP contribution in [0.2, 0.25) is 0 Å². The Morgan fingerprint density at radius 3 is 2.27 bits per heavy atom. The van der Waals surface area contributed by atoms with Crippen molar-refractivity contribution < 1.29 is 23.4 Å². The molecule has 1 saturated heterocycles. The maximum atomic E-state index is 12.5. The predicted octanol–water partition coefficient (Wildman–Crippen LogP) is 0.755. The van der Waals surface area contributed by atoms with Crippen LogP contribution in [0.5, 0.6) is 0 Å². The van der Waals surface area contributed by atoms with E-state index in [-0.39, 0.29) is 19.1 Å². The minimum atomic E-state index is -4.77. The Balaban J connectivity index is 2.75. The van der Waals surface area contributed by atoms with Crippen molar-refractivity contribution in [2.45, 2.75) is 44.2 Å². The van der Waals surface area contributed by atoms with Gasteiger partial charge in [0, 0.05) is 25.6 Å². The van der Waals surface area contributed by atoms with E-state index in [4.69, 9.17) is 0 Å². The van der Waals surface area contributed by atoms with Gasteiger partial charge in [-0.15, -0.1) is 0 Å². The Bertz CT molecular complexity index is 232. The molecule has 0 amide bonds. The van der Waals surface area contributed by atoms with Gasteiger partial charge in [-0.1, -0.05) is 0 Å². The molecule has 6 heteroatoms. The van der Waals surface area contributed by atoms with Gasteiger partial charge >= 0.3 is 6.18 Å². The van der Waals surface area contributed by atoms with Crippen LogP contribution >= 0.6 is 0 Å². The molecule has 1 aliphatic rings. The highest BCUT2D eigenvalue weighted by molar-refractivity contribution is 4.99. The zero-order chi connectivity index (χ0) is 11.9. The lowest BCUT2D eigenvalue weighted by molar-refractivity contribution is -0.303. The van der Waals surface area contributed by atoms with Crippen LogP contribution in [-0.2, 0) is 0 Å². The number of nitrogens with zero attached hydrogens (tertiary/aromatic N) is 1. The molecule has 1 aliphatic heterocycles. The number of β-amino-alcohol motifs (C(OH)–C–C–N with tert-alkyl or cyclic N) is 1. The maximum Gasteiger partial charge on any atom is 0.419 e. The van der Waals surface area contributed by atoms with Crippen LogP contribution < -0.4 is 0 Å². The van der Waals surface area contributed by atoms with Gasteiger partial charge in [-0.05, 0) is 13.8 Å². The first-order valence-corrected chi connectivity index (χ1v) is 4.89. The molecule has 0 saturated carbocycles. The van der Waals surface area contributed by atoms with Crippen molar-refractivity contribution in [3.8, 4) is 0 Å². The van der Waals surface area contributed by atoms with Gasteiger partial charge in [-0.3, -0.25) is 4.90 Å². The number of aliphatic hydroxyl groups is 2. The van der Waals surface area contributed by atoms with Gasteiger partial charge < -0.3 is 10.2 Å². The van der Waals surface area contributed by atoms with Crippen LogP contribution in [0.25, 0.3) is 0 Å². The minimum Gasteiger partial charge on any atom is -0.388 e. The highest BCUT2D eigenvalue weighted by Gasteiger charge is 2.59. The lowest BCUT2D eigenvalue weighted by Gasteiger charge is -2.44. The van der Waals surface area contributed by atoms with Crippen LogP contribution in [0.3, 0.4) is 0 Å². The smallest absolute Gasteiger partial charge is 0.388 e. The summed E-state index contributed by atoms with van der Waals surface area (Å²) in [6.45, 7) is 3.67. The number of aliphatic hydroxyl groups excluding tert-OH is 1. The SMILES string of the molecule is CC(C)N1CCC(O)(C(F)(F)F)C(O)C1. The Kier molecular flexibility index (Phi) is 3.33. The fourth-order valence-corrected chi connectivity index (χ4v) is 1.74. The number of piperidine rings is 1. The second-order valence-electron chi connectivity index (χ2n) is 4.28. The Labute approximate surface area is 86.5 Å². The first kappa shape index (κ1) is 12.7. The Morgan fingerprint density at radius 1 is 1.40 bits per heavy atom. The number of alkyl halides is 3. The summed E-state index contributed by atoms with van der Waals surface area (Å²) in [5, 5.41) is 18.7. The average molecular weight is 227 g/mol. The zero-order valence-electron chi connectivity index (χ0n) is 8.75. The standard InChI is InChI=1S/C9H16F3NO2/c1-6(2)13-4-3-8(15,7(14)5-13)9(10,11)12/h6-7,14-15H,3-5H2,1-2H3. The average Bonchev–Trinajstić information content (AvgIpc) is 2.07. The van der Waals surface area contributed by atoms with E-state index in [1.165, 1.54) is 0 Å². The minimum absolute atomic E-state index is 0.0671. The van der Waals surface area contributed by atoms with E-state index in [1.54, 1.807) is 4.90 Å². The lowest BCUT2D eigenvalue weighted by Crippen LogP contribution is -2.63. The van der Waals surface area contributed by atoms with Crippen LogP contribution in [0.1, 0.15) is 20.3 Å². The van der Waals surface area contributed by atoms with Crippen molar-refractivity contribution in [2.75, 3.05) is 13.1 Å². The molecule has 1 fully saturated rings. The summed E-state index contributed by atoms with van der Waals surface area (Å²) in [6, 6.07) is 0.0671. The number of hydrogen-bond donors (Lipinski definition) is 2. The van der Waals surface area contributed by atoms with Gasteiger partial charge in [0.2, 0.25) is 0 Å². The summed E-state index contributed by atoms with van der Waals surface area (Å²) in [5.74, 6) is 0. The van der Waals surface area contributed by atoms with Crippen molar-refractivity contribution in [1.29, 1.82) is 0 Å². The number of likely N-dealkylation sites (tertiary alicyclic amines) is 1. The third kappa shape index (κ3) is 2.26. The van der Waals surface area contributed by atoms with Crippen molar-refractivity contribution >= 4 is 0 Å². The molecule has 0 bridgehead atoms. The first-order valence-electron chi connectivity index (χ1n) is 4.89.